The van der Waals surface area contributed by atoms with Crippen LogP contribution >= 0.6 is 0 Å². The third-order valence-electron chi connectivity index (χ3n) is 4.03. The fourth-order valence-corrected chi connectivity index (χ4v) is 3.66. The van der Waals surface area contributed by atoms with Gasteiger partial charge in [0.2, 0.25) is 10.0 Å². The summed E-state index contributed by atoms with van der Waals surface area (Å²) in [5.41, 5.74) is 0. The van der Waals surface area contributed by atoms with Crippen molar-refractivity contribution in [2.45, 2.75) is 4.90 Å². The minimum atomic E-state index is -3.62. The third kappa shape index (κ3) is 4.69. The fourth-order valence-electron chi connectivity index (χ4n) is 2.62. The second-order valence-corrected chi connectivity index (χ2v) is 7.57. The van der Waals surface area contributed by atoms with Crippen molar-refractivity contribution in [2.24, 2.45) is 0 Å². The molecular formula is C20H21NO5S. The molecule has 0 heterocycles. The Balaban J connectivity index is 1.63. The highest BCUT2D eigenvalue weighted by atomic mass is 32.2. The first-order chi connectivity index (χ1) is 13.0. The van der Waals surface area contributed by atoms with Crippen molar-refractivity contribution in [3.63, 3.8) is 0 Å². The van der Waals surface area contributed by atoms with Gasteiger partial charge in [-0.2, -0.15) is 0 Å². The summed E-state index contributed by atoms with van der Waals surface area (Å²) in [4.78, 5) is 0.210. The van der Waals surface area contributed by atoms with Crippen molar-refractivity contribution in [1.29, 1.82) is 0 Å². The summed E-state index contributed by atoms with van der Waals surface area (Å²) >= 11 is 0. The van der Waals surface area contributed by atoms with Gasteiger partial charge in [0.25, 0.3) is 0 Å². The molecule has 0 unspecified atom stereocenters. The molecule has 3 rings (SSSR count). The zero-order valence-electron chi connectivity index (χ0n) is 15.1. The molecule has 3 aromatic rings. The zero-order chi connectivity index (χ0) is 19.3. The normalized spacial score (nSPS) is 11.3. The topological polar surface area (TPSA) is 73.9 Å². The maximum Gasteiger partial charge on any atom is 0.240 e. The lowest BCUT2D eigenvalue weighted by Crippen LogP contribution is -2.28. The summed E-state index contributed by atoms with van der Waals surface area (Å²) in [6.45, 7) is 0.359. The summed E-state index contributed by atoms with van der Waals surface area (Å²) in [6.07, 6.45) is 0. The molecule has 27 heavy (non-hydrogen) atoms. The number of hydrogen-bond donors (Lipinski definition) is 1. The Hall–Kier alpha value is -2.77. The van der Waals surface area contributed by atoms with Crippen LogP contribution in [0.5, 0.6) is 17.2 Å². The Kier molecular flexibility index (Phi) is 5.83. The van der Waals surface area contributed by atoms with Crippen molar-refractivity contribution in [3.05, 3.63) is 60.7 Å². The molecule has 0 saturated heterocycles. The lowest BCUT2D eigenvalue weighted by atomic mass is 10.1. The van der Waals surface area contributed by atoms with Gasteiger partial charge in [0.1, 0.15) is 23.9 Å². The first-order valence-electron chi connectivity index (χ1n) is 8.36. The van der Waals surface area contributed by atoms with Gasteiger partial charge >= 0.3 is 0 Å². The standard InChI is InChI=1S/C20H21NO5S/c1-24-17-4-3-5-19(14-17)26-11-10-21-27(22,23)20-9-7-15-12-18(25-2)8-6-16(15)13-20/h3-9,12-14,21H,10-11H2,1-2H3. The molecule has 0 aliphatic carbocycles. The molecule has 0 bridgehead atoms. The molecule has 6 nitrogen and oxygen atoms in total. The summed E-state index contributed by atoms with van der Waals surface area (Å²) in [5.74, 6) is 2.03. The highest BCUT2D eigenvalue weighted by Gasteiger charge is 2.14. The molecule has 0 atom stereocenters. The van der Waals surface area contributed by atoms with Crippen LogP contribution in [0.3, 0.4) is 0 Å². The SMILES string of the molecule is COc1cccc(OCCNS(=O)(=O)c2ccc3cc(OC)ccc3c2)c1. The van der Waals surface area contributed by atoms with Crippen molar-refractivity contribution in [1.82, 2.24) is 4.72 Å². The summed E-state index contributed by atoms with van der Waals surface area (Å²) in [5, 5.41) is 1.74. The Morgan fingerprint density at radius 1 is 0.815 bits per heavy atom. The molecule has 0 aliphatic rings. The van der Waals surface area contributed by atoms with Crippen molar-refractivity contribution in [3.8, 4) is 17.2 Å². The van der Waals surface area contributed by atoms with E-state index in [1.165, 1.54) is 0 Å². The van der Waals surface area contributed by atoms with Gasteiger partial charge in [0.15, 0.2) is 0 Å². The molecule has 7 heteroatoms. The van der Waals surface area contributed by atoms with E-state index in [4.69, 9.17) is 14.2 Å². The molecule has 0 fully saturated rings. The van der Waals surface area contributed by atoms with Crippen LogP contribution in [0.15, 0.2) is 65.6 Å². The van der Waals surface area contributed by atoms with Gasteiger partial charge in [-0.1, -0.05) is 18.2 Å². The van der Waals surface area contributed by atoms with E-state index in [1.54, 1.807) is 50.6 Å². The number of fused-ring (bicyclic) bond motifs is 1. The smallest absolute Gasteiger partial charge is 0.240 e. The predicted molar refractivity (Wildman–Crippen MR) is 104 cm³/mol. The number of rotatable bonds is 8. The predicted octanol–water partition coefficient (Wildman–Crippen LogP) is 3.21. The van der Waals surface area contributed by atoms with Crippen LogP contribution in [0, 0.1) is 0 Å². The van der Waals surface area contributed by atoms with E-state index in [2.05, 4.69) is 4.72 Å². The van der Waals surface area contributed by atoms with Crippen LogP contribution in [0.2, 0.25) is 0 Å². The molecule has 0 aliphatic heterocycles. The first-order valence-corrected chi connectivity index (χ1v) is 9.84. The molecule has 0 aromatic heterocycles. The maximum atomic E-state index is 12.5. The van der Waals surface area contributed by atoms with Crippen LogP contribution in [-0.2, 0) is 10.0 Å². The van der Waals surface area contributed by atoms with Crippen molar-refractivity contribution >= 4 is 20.8 Å². The molecular weight excluding hydrogens is 366 g/mol. The highest BCUT2D eigenvalue weighted by Crippen LogP contribution is 2.23. The summed E-state index contributed by atoms with van der Waals surface area (Å²) in [6, 6.07) is 17.6. The lowest BCUT2D eigenvalue weighted by Gasteiger charge is -2.10. The molecule has 3 aromatic carbocycles. The van der Waals surface area contributed by atoms with Gasteiger partial charge < -0.3 is 14.2 Å². The highest BCUT2D eigenvalue weighted by molar-refractivity contribution is 7.89. The second-order valence-electron chi connectivity index (χ2n) is 5.80. The molecule has 1 N–H and O–H groups in total. The van der Waals surface area contributed by atoms with Crippen LogP contribution in [0.1, 0.15) is 0 Å². The fraction of sp³-hybridized carbons (Fsp3) is 0.200. The van der Waals surface area contributed by atoms with Crippen LogP contribution in [0.4, 0.5) is 0 Å². The Morgan fingerprint density at radius 2 is 1.48 bits per heavy atom. The van der Waals surface area contributed by atoms with Crippen molar-refractivity contribution < 1.29 is 22.6 Å². The van der Waals surface area contributed by atoms with Crippen LogP contribution in [-0.4, -0.2) is 35.8 Å². The lowest BCUT2D eigenvalue weighted by molar-refractivity contribution is 0.320. The van der Waals surface area contributed by atoms with Gasteiger partial charge in [0.05, 0.1) is 19.1 Å². The van der Waals surface area contributed by atoms with E-state index in [1.807, 2.05) is 24.3 Å². The zero-order valence-corrected chi connectivity index (χ0v) is 16.0. The van der Waals surface area contributed by atoms with E-state index >= 15 is 0 Å². The van der Waals surface area contributed by atoms with Crippen LogP contribution < -0.4 is 18.9 Å². The Morgan fingerprint density at radius 3 is 2.26 bits per heavy atom. The van der Waals surface area contributed by atoms with Gasteiger partial charge in [0, 0.05) is 12.6 Å². The monoisotopic (exact) mass is 387 g/mol. The molecule has 0 amide bonds. The van der Waals surface area contributed by atoms with Gasteiger partial charge in [-0.05, 0) is 47.2 Å². The third-order valence-corrected chi connectivity index (χ3v) is 5.49. The average molecular weight is 387 g/mol. The van der Waals surface area contributed by atoms with Gasteiger partial charge in [-0.3, -0.25) is 0 Å². The van der Waals surface area contributed by atoms with Gasteiger partial charge in [-0.25, -0.2) is 13.1 Å². The number of hydrogen-bond acceptors (Lipinski definition) is 5. The Bertz CT molecular complexity index is 1030. The largest absolute Gasteiger partial charge is 0.497 e. The maximum absolute atomic E-state index is 12.5. The molecule has 0 saturated carbocycles. The number of benzene rings is 3. The molecule has 142 valence electrons. The van der Waals surface area contributed by atoms with E-state index in [0.29, 0.717) is 11.5 Å². The first kappa shape index (κ1) is 19.0. The number of methoxy groups -OCH3 is 2. The minimum absolute atomic E-state index is 0.153. The second kappa shape index (κ2) is 8.28. The molecule has 0 spiro atoms. The number of sulfonamides is 1. The molecule has 0 radical (unpaired) electrons. The van der Waals surface area contributed by atoms with Crippen LogP contribution in [0.25, 0.3) is 10.8 Å². The van der Waals surface area contributed by atoms with E-state index in [-0.39, 0.29) is 18.0 Å². The van der Waals surface area contributed by atoms with Crippen molar-refractivity contribution in [2.75, 3.05) is 27.4 Å². The number of ether oxygens (including phenoxy) is 3. The quantitative estimate of drug-likeness (QED) is 0.601. The average Bonchev–Trinajstić information content (AvgIpc) is 2.70. The van der Waals surface area contributed by atoms with E-state index in [9.17, 15) is 8.42 Å². The Labute approximate surface area is 158 Å². The van der Waals surface area contributed by atoms with Gasteiger partial charge in [-0.15, -0.1) is 0 Å². The van der Waals surface area contributed by atoms with E-state index in [0.717, 1.165) is 16.5 Å². The van der Waals surface area contributed by atoms with E-state index < -0.39 is 10.0 Å². The number of nitrogens with one attached hydrogen (secondary N) is 1. The summed E-state index contributed by atoms with van der Waals surface area (Å²) < 4.78 is 43.4. The summed E-state index contributed by atoms with van der Waals surface area (Å²) in [7, 11) is -0.450. The minimum Gasteiger partial charge on any atom is -0.497 e.